The fraction of sp³-hybridized carbons (Fsp3) is 0.355. The molecular weight excluding hydrogens is 526 g/mol. The molecule has 0 spiro atoms. The van der Waals surface area contributed by atoms with E-state index in [2.05, 4.69) is 5.32 Å². The first-order valence-electron chi connectivity index (χ1n) is 13.3. The number of rotatable bonds is 13. The van der Waals surface area contributed by atoms with E-state index >= 15 is 0 Å². The molecule has 1 N–H and O–H groups in total. The minimum atomic E-state index is -3.85. The van der Waals surface area contributed by atoms with Crippen LogP contribution in [0.1, 0.15) is 37.0 Å². The molecule has 0 aromatic heterocycles. The van der Waals surface area contributed by atoms with Crippen molar-refractivity contribution in [1.29, 1.82) is 0 Å². The number of anilines is 1. The lowest BCUT2D eigenvalue weighted by Gasteiger charge is -2.34. The third-order valence-corrected chi connectivity index (χ3v) is 7.91. The number of sulfonamides is 1. The monoisotopic (exact) mass is 565 g/mol. The highest BCUT2D eigenvalue weighted by atomic mass is 32.2. The minimum absolute atomic E-state index is 0.0913. The van der Waals surface area contributed by atoms with Crippen LogP contribution in [0.5, 0.6) is 5.75 Å². The quantitative estimate of drug-likeness (QED) is 0.333. The predicted molar refractivity (Wildman–Crippen MR) is 159 cm³/mol. The molecule has 0 fully saturated rings. The maximum Gasteiger partial charge on any atom is 0.244 e. The molecule has 0 saturated heterocycles. The first kappa shape index (κ1) is 30.7. The van der Waals surface area contributed by atoms with Crippen LogP contribution in [0.15, 0.2) is 78.9 Å². The summed E-state index contributed by atoms with van der Waals surface area (Å²) in [5.74, 6) is -0.315. The van der Waals surface area contributed by atoms with Gasteiger partial charge < -0.3 is 15.0 Å². The largest absolute Gasteiger partial charge is 0.497 e. The van der Waals surface area contributed by atoms with Gasteiger partial charge in [0.05, 0.1) is 19.1 Å². The Morgan fingerprint density at radius 1 is 0.950 bits per heavy atom. The van der Waals surface area contributed by atoms with Crippen LogP contribution in [0.3, 0.4) is 0 Å². The first-order valence-corrected chi connectivity index (χ1v) is 15.2. The van der Waals surface area contributed by atoms with Crippen molar-refractivity contribution in [3.63, 3.8) is 0 Å². The van der Waals surface area contributed by atoms with E-state index in [4.69, 9.17) is 4.74 Å². The molecule has 214 valence electrons. The molecule has 9 heteroatoms. The third kappa shape index (κ3) is 8.58. The van der Waals surface area contributed by atoms with E-state index in [1.807, 2.05) is 75.4 Å². The molecular formula is C31H39N3O5S. The number of hydrogen-bond acceptors (Lipinski definition) is 5. The molecule has 2 atom stereocenters. The van der Waals surface area contributed by atoms with Crippen molar-refractivity contribution in [3.8, 4) is 5.75 Å². The number of ether oxygens (including phenoxy) is 1. The maximum atomic E-state index is 14.1. The van der Waals surface area contributed by atoms with E-state index in [0.29, 0.717) is 11.4 Å². The summed E-state index contributed by atoms with van der Waals surface area (Å²) < 4.78 is 32.1. The molecule has 0 aliphatic rings. The summed E-state index contributed by atoms with van der Waals surface area (Å²) in [6.45, 7) is 5.53. The van der Waals surface area contributed by atoms with Gasteiger partial charge in [0, 0.05) is 25.1 Å². The average Bonchev–Trinajstić information content (AvgIpc) is 2.94. The standard InChI is InChI=1S/C31H39N3O5S/c1-6-24(3)32-31(36)29(19-25-11-8-7-9-12-25)33(21-26-17-15-23(2)16-18-26)30(35)22-34(40(5,37)38)27-13-10-14-28(20-27)39-4/h7-18,20,24,29H,6,19,21-22H2,1-5H3,(H,32,36)/t24-,29-/m0/s1. The lowest BCUT2D eigenvalue weighted by molar-refractivity contribution is -0.140. The summed E-state index contributed by atoms with van der Waals surface area (Å²) in [6.07, 6.45) is 2.06. The highest BCUT2D eigenvalue weighted by molar-refractivity contribution is 7.92. The lowest BCUT2D eigenvalue weighted by Crippen LogP contribution is -2.54. The molecule has 8 nitrogen and oxygen atoms in total. The molecule has 40 heavy (non-hydrogen) atoms. The zero-order chi connectivity index (χ0) is 29.3. The summed E-state index contributed by atoms with van der Waals surface area (Å²) in [5, 5.41) is 3.03. The van der Waals surface area contributed by atoms with E-state index < -0.39 is 28.5 Å². The SMILES string of the molecule is CC[C@H](C)NC(=O)[C@H](Cc1ccccc1)N(Cc1ccc(C)cc1)C(=O)CN(c1cccc(OC)c1)S(C)(=O)=O. The fourth-order valence-electron chi connectivity index (χ4n) is 4.26. The van der Waals surface area contributed by atoms with Crippen molar-refractivity contribution in [2.75, 3.05) is 24.2 Å². The van der Waals surface area contributed by atoms with Gasteiger partial charge in [0.1, 0.15) is 18.3 Å². The molecule has 3 aromatic rings. The number of carbonyl (C=O) groups excluding carboxylic acids is 2. The van der Waals surface area contributed by atoms with Crippen molar-refractivity contribution >= 4 is 27.5 Å². The molecule has 0 aliphatic carbocycles. The van der Waals surface area contributed by atoms with Gasteiger partial charge in [0.15, 0.2) is 0 Å². The van der Waals surface area contributed by atoms with E-state index in [0.717, 1.165) is 33.7 Å². The first-order chi connectivity index (χ1) is 19.0. The minimum Gasteiger partial charge on any atom is -0.497 e. The van der Waals surface area contributed by atoms with E-state index in [9.17, 15) is 18.0 Å². The number of carbonyl (C=O) groups is 2. The van der Waals surface area contributed by atoms with Crippen molar-refractivity contribution in [2.45, 2.75) is 52.2 Å². The number of benzene rings is 3. The molecule has 0 heterocycles. The second-order valence-corrected chi connectivity index (χ2v) is 11.9. The summed E-state index contributed by atoms with van der Waals surface area (Å²) in [7, 11) is -2.36. The normalized spacial score (nSPS) is 12.7. The summed E-state index contributed by atoms with van der Waals surface area (Å²) in [5.41, 5.74) is 3.09. The van der Waals surface area contributed by atoms with Crippen molar-refractivity contribution in [1.82, 2.24) is 10.2 Å². The summed E-state index contributed by atoms with van der Waals surface area (Å²) >= 11 is 0. The van der Waals surface area contributed by atoms with Gasteiger partial charge >= 0.3 is 0 Å². The van der Waals surface area contributed by atoms with Crippen molar-refractivity contribution in [3.05, 3.63) is 95.6 Å². The van der Waals surface area contributed by atoms with Crippen LogP contribution >= 0.6 is 0 Å². The molecule has 0 radical (unpaired) electrons. The Hall–Kier alpha value is -3.85. The zero-order valence-corrected chi connectivity index (χ0v) is 24.6. The van der Waals surface area contributed by atoms with Crippen LogP contribution < -0.4 is 14.4 Å². The van der Waals surface area contributed by atoms with E-state index in [1.54, 1.807) is 24.3 Å². The van der Waals surface area contributed by atoms with Crippen LogP contribution in [0.4, 0.5) is 5.69 Å². The third-order valence-electron chi connectivity index (χ3n) is 6.77. The smallest absolute Gasteiger partial charge is 0.244 e. The number of hydrogen-bond donors (Lipinski definition) is 1. The topological polar surface area (TPSA) is 96.0 Å². The zero-order valence-electron chi connectivity index (χ0n) is 23.8. The molecule has 0 bridgehead atoms. The molecule has 2 amide bonds. The van der Waals surface area contributed by atoms with Gasteiger partial charge in [-0.2, -0.15) is 0 Å². The second-order valence-electron chi connectivity index (χ2n) is 10.0. The van der Waals surface area contributed by atoms with Crippen LogP contribution in [-0.4, -0.2) is 57.1 Å². The lowest BCUT2D eigenvalue weighted by atomic mass is 10.0. The van der Waals surface area contributed by atoms with Crippen LogP contribution in [0, 0.1) is 6.92 Å². The maximum absolute atomic E-state index is 14.1. The molecule has 0 aliphatic heterocycles. The highest BCUT2D eigenvalue weighted by Crippen LogP contribution is 2.24. The van der Waals surface area contributed by atoms with Crippen LogP contribution in [0.2, 0.25) is 0 Å². The summed E-state index contributed by atoms with van der Waals surface area (Å²) in [4.78, 5) is 29.3. The molecule has 0 unspecified atom stereocenters. The van der Waals surface area contributed by atoms with Gasteiger partial charge in [-0.1, -0.05) is 73.2 Å². The van der Waals surface area contributed by atoms with E-state index in [-0.39, 0.29) is 24.9 Å². The molecule has 3 rings (SSSR count). The number of nitrogens with one attached hydrogen (secondary N) is 1. The Morgan fingerprint density at radius 3 is 2.23 bits per heavy atom. The Kier molecular flexibility index (Phi) is 10.7. The molecule has 3 aromatic carbocycles. The van der Waals surface area contributed by atoms with Crippen LogP contribution in [0.25, 0.3) is 0 Å². The number of nitrogens with zero attached hydrogens (tertiary/aromatic N) is 2. The number of amides is 2. The average molecular weight is 566 g/mol. The van der Waals surface area contributed by atoms with Crippen molar-refractivity contribution < 1.29 is 22.7 Å². The highest BCUT2D eigenvalue weighted by Gasteiger charge is 2.33. The molecule has 0 saturated carbocycles. The van der Waals surface area contributed by atoms with Gasteiger partial charge in [-0.05, 0) is 43.5 Å². The van der Waals surface area contributed by atoms with Gasteiger partial charge in [0.25, 0.3) is 0 Å². The Balaban J connectivity index is 2.06. The fourth-order valence-corrected chi connectivity index (χ4v) is 5.11. The summed E-state index contributed by atoms with van der Waals surface area (Å²) in [6, 6.07) is 22.8. The predicted octanol–water partition coefficient (Wildman–Crippen LogP) is 4.32. The van der Waals surface area contributed by atoms with Crippen LogP contribution in [-0.2, 0) is 32.6 Å². The van der Waals surface area contributed by atoms with Gasteiger partial charge in [-0.15, -0.1) is 0 Å². The Bertz CT molecular complexity index is 1380. The van der Waals surface area contributed by atoms with Gasteiger partial charge in [-0.3, -0.25) is 13.9 Å². The number of aryl methyl sites for hydroxylation is 1. The number of methoxy groups -OCH3 is 1. The second kappa shape index (κ2) is 14.0. The van der Waals surface area contributed by atoms with E-state index in [1.165, 1.54) is 12.0 Å². The Labute approximate surface area is 238 Å². The van der Waals surface area contributed by atoms with Crippen molar-refractivity contribution in [2.24, 2.45) is 0 Å². The van der Waals surface area contributed by atoms with Gasteiger partial charge in [-0.25, -0.2) is 8.42 Å². The Morgan fingerprint density at radius 2 is 1.62 bits per heavy atom. The van der Waals surface area contributed by atoms with Gasteiger partial charge in [0.2, 0.25) is 21.8 Å².